The van der Waals surface area contributed by atoms with Crippen LogP contribution in [-0.4, -0.2) is 19.2 Å². The number of rotatable bonds is 14. The number of unbranched alkanes of at least 4 members (excludes halogenated alkanes) is 6. The summed E-state index contributed by atoms with van der Waals surface area (Å²) in [5.74, 6) is 0.972. The molecule has 1 unspecified atom stereocenters. The average molecular weight is 395 g/mol. The Morgan fingerprint density at radius 3 is 2.07 bits per heavy atom. The molecule has 0 aromatic carbocycles. The van der Waals surface area contributed by atoms with Gasteiger partial charge in [-0.05, 0) is 39.0 Å². The zero-order chi connectivity index (χ0) is 20.9. The van der Waals surface area contributed by atoms with Crippen LogP contribution in [0.3, 0.4) is 0 Å². The molecular weight excluding hydrogens is 356 g/mol. The molecule has 1 heterocycles. The van der Waals surface area contributed by atoms with Gasteiger partial charge in [0.15, 0.2) is 5.43 Å². The molecule has 0 amide bonds. The molecule has 0 fully saturated rings. The highest BCUT2D eigenvalue weighted by atomic mass is 16.6. The van der Waals surface area contributed by atoms with Crippen molar-refractivity contribution in [2.75, 3.05) is 7.11 Å². The molecule has 0 aliphatic heterocycles. The molecule has 0 aliphatic carbocycles. The first-order valence-corrected chi connectivity index (χ1v) is 10.8. The molecule has 28 heavy (non-hydrogen) atoms. The van der Waals surface area contributed by atoms with Crippen molar-refractivity contribution < 1.29 is 18.7 Å². The van der Waals surface area contributed by atoms with Crippen molar-refractivity contribution in [3.63, 3.8) is 0 Å². The lowest BCUT2D eigenvalue weighted by atomic mass is 10.0. The van der Waals surface area contributed by atoms with Gasteiger partial charge in [-0.15, -0.1) is 0 Å². The van der Waals surface area contributed by atoms with Gasteiger partial charge in [-0.3, -0.25) is 9.59 Å². The molecule has 1 atom stereocenters. The molecule has 1 rings (SSSR count). The van der Waals surface area contributed by atoms with Gasteiger partial charge in [0.05, 0.1) is 18.8 Å². The fraction of sp³-hybridized carbons (Fsp3) is 0.739. The first-order chi connectivity index (χ1) is 13.4. The molecule has 160 valence electrons. The number of carbonyl (C=O) groups excluding carboxylic acids is 1. The van der Waals surface area contributed by atoms with Crippen LogP contribution >= 0.6 is 0 Å². The number of hydrogen-bond acceptors (Lipinski definition) is 5. The molecule has 0 spiro atoms. The Kier molecular flexibility index (Phi) is 11.6. The summed E-state index contributed by atoms with van der Waals surface area (Å²) in [5.41, 5.74) is 1.54. The predicted octanol–water partition coefficient (Wildman–Crippen LogP) is 5.39. The Hall–Kier alpha value is -1.78. The van der Waals surface area contributed by atoms with E-state index in [2.05, 4.69) is 0 Å². The van der Waals surface area contributed by atoms with Gasteiger partial charge in [-0.25, -0.2) is 0 Å². The number of hydrogen-bond donors (Lipinski definition) is 0. The summed E-state index contributed by atoms with van der Waals surface area (Å²) < 4.78 is 16.3. The van der Waals surface area contributed by atoms with E-state index in [1.807, 2.05) is 20.8 Å². The van der Waals surface area contributed by atoms with Crippen molar-refractivity contribution in [3.8, 4) is 5.95 Å². The van der Waals surface area contributed by atoms with Crippen molar-refractivity contribution >= 4 is 5.97 Å². The molecule has 0 N–H and O–H groups in total. The van der Waals surface area contributed by atoms with Gasteiger partial charge in [0.25, 0.3) is 5.95 Å². The van der Waals surface area contributed by atoms with E-state index in [9.17, 15) is 9.59 Å². The molecule has 0 saturated carbocycles. The Labute approximate surface area is 169 Å². The molecule has 0 saturated heterocycles. The van der Waals surface area contributed by atoms with Crippen molar-refractivity contribution in [1.29, 1.82) is 0 Å². The Balaban J connectivity index is 2.30. The fourth-order valence-corrected chi connectivity index (χ4v) is 3.61. The second-order valence-electron chi connectivity index (χ2n) is 7.44. The van der Waals surface area contributed by atoms with Crippen LogP contribution in [0.2, 0.25) is 0 Å². The van der Waals surface area contributed by atoms with Crippen LogP contribution in [0.1, 0.15) is 95.9 Å². The minimum absolute atomic E-state index is 0.0241. The lowest BCUT2D eigenvalue weighted by Gasteiger charge is -2.12. The third kappa shape index (κ3) is 8.07. The molecule has 0 bridgehead atoms. The Bertz CT molecular complexity index is 647. The van der Waals surface area contributed by atoms with E-state index in [4.69, 9.17) is 13.9 Å². The summed E-state index contributed by atoms with van der Waals surface area (Å²) in [6, 6.07) is 0. The monoisotopic (exact) mass is 394 g/mol. The van der Waals surface area contributed by atoms with Gasteiger partial charge in [0.1, 0.15) is 5.76 Å². The average Bonchev–Trinajstić information content (AvgIpc) is 2.65. The maximum atomic E-state index is 12.6. The molecule has 0 radical (unpaired) electrons. The topological polar surface area (TPSA) is 65.7 Å². The van der Waals surface area contributed by atoms with E-state index in [0.29, 0.717) is 24.4 Å². The lowest BCUT2D eigenvalue weighted by Crippen LogP contribution is -2.17. The van der Waals surface area contributed by atoms with Crippen LogP contribution in [-0.2, 0) is 28.8 Å². The summed E-state index contributed by atoms with van der Waals surface area (Å²) in [5, 5.41) is 0. The number of esters is 1. The summed E-state index contributed by atoms with van der Waals surface area (Å²) in [4.78, 5) is 23.5. The van der Waals surface area contributed by atoms with Crippen molar-refractivity contribution in [2.45, 2.75) is 104 Å². The summed E-state index contributed by atoms with van der Waals surface area (Å²) >= 11 is 0. The van der Waals surface area contributed by atoms with E-state index in [1.54, 1.807) is 7.11 Å². The van der Waals surface area contributed by atoms with Crippen LogP contribution in [0.15, 0.2) is 9.21 Å². The fourth-order valence-electron chi connectivity index (χ4n) is 3.61. The normalized spacial score (nSPS) is 12.0. The first-order valence-electron chi connectivity index (χ1n) is 10.8. The van der Waals surface area contributed by atoms with Crippen molar-refractivity contribution in [1.82, 2.24) is 0 Å². The van der Waals surface area contributed by atoms with Crippen LogP contribution in [0.5, 0.6) is 5.95 Å². The third-order valence-electron chi connectivity index (χ3n) is 5.12. The van der Waals surface area contributed by atoms with Crippen LogP contribution in [0, 0.1) is 0 Å². The minimum Gasteiger partial charge on any atom is -0.468 e. The number of ether oxygens (including phenoxy) is 2. The van der Waals surface area contributed by atoms with E-state index in [-0.39, 0.29) is 17.5 Å². The predicted molar refractivity (Wildman–Crippen MR) is 112 cm³/mol. The summed E-state index contributed by atoms with van der Waals surface area (Å²) in [6.07, 6.45) is 11.1. The Morgan fingerprint density at radius 1 is 0.964 bits per heavy atom. The van der Waals surface area contributed by atoms with Gasteiger partial charge < -0.3 is 13.9 Å². The highest BCUT2D eigenvalue weighted by Gasteiger charge is 2.17. The van der Waals surface area contributed by atoms with Gasteiger partial charge in [-0.2, -0.15) is 0 Å². The van der Waals surface area contributed by atoms with Crippen LogP contribution < -0.4 is 10.2 Å². The zero-order valence-corrected chi connectivity index (χ0v) is 18.4. The highest BCUT2D eigenvalue weighted by Crippen LogP contribution is 2.22. The van der Waals surface area contributed by atoms with Gasteiger partial charge in [-0.1, -0.05) is 46.0 Å². The molecule has 1 aromatic rings. The minimum atomic E-state index is -0.198. The molecule has 5 heteroatoms. The third-order valence-corrected chi connectivity index (χ3v) is 5.12. The first kappa shape index (κ1) is 24.3. The Morgan fingerprint density at radius 2 is 1.54 bits per heavy atom. The summed E-state index contributed by atoms with van der Waals surface area (Å²) in [6.45, 7) is 7.36. The second-order valence-corrected chi connectivity index (χ2v) is 7.44. The van der Waals surface area contributed by atoms with E-state index in [1.165, 1.54) is 32.6 Å². The molecular formula is C23H38O5. The zero-order valence-electron chi connectivity index (χ0n) is 18.4. The van der Waals surface area contributed by atoms with E-state index in [0.717, 1.165) is 43.4 Å². The summed E-state index contributed by atoms with van der Waals surface area (Å²) in [7, 11) is 1.56. The van der Waals surface area contributed by atoms with Crippen LogP contribution in [0.25, 0.3) is 0 Å². The van der Waals surface area contributed by atoms with Crippen LogP contribution in [0.4, 0.5) is 0 Å². The van der Waals surface area contributed by atoms with E-state index < -0.39 is 0 Å². The lowest BCUT2D eigenvalue weighted by molar-refractivity contribution is -0.145. The maximum absolute atomic E-state index is 12.6. The molecule has 5 nitrogen and oxygen atoms in total. The largest absolute Gasteiger partial charge is 0.468 e. The van der Waals surface area contributed by atoms with Crippen molar-refractivity contribution in [2.24, 2.45) is 0 Å². The van der Waals surface area contributed by atoms with Gasteiger partial charge in [0.2, 0.25) is 0 Å². The molecule has 1 aromatic heterocycles. The smallest absolute Gasteiger partial charge is 0.302 e. The number of carbonyl (C=O) groups is 1. The van der Waals surface area contributed by atoms with Crippen molar-refractivity contribution in [3.05, 3.63) is 27.1 Å². The maximum Gasteiger partial charge on any atom is 0.302 e. The van der Waals surface area contributed by atoms with E-state index >= 15 is 0 Å². The second kappa shape index (κ2) is 13.4. The van der Waals surface area contributed by atoms with Gasteiger partial charge in [0, 0.05) is 18.9 Å². The standard InChI is InChI=1S/C23H38O5/c1-6-19-21(28-23(26-5)20(7-2)22(19)25)16-14-12-10-8-9-11-13-15-17(3)27-18(4)24/h17H,6-16H2,1-5H3. The van der Waals surface area contributed by atoms with Gasteiger partial charge >= 0.3 is 5.97 Å². The molecule has 0 aliphatic rings. The number of aryl methyl sites for hydroxylation is 1. The quantitative estimate of drug-likeness (QED) is 0.313. The SMILES string of the molecule is CCc1c(CCCCCCCCCC(C)OC(C)=O)oc(OC)c(CC)c1=O. The number of methoxy groups -OCH3 is 1. The highest BCUT2D eigenvalue weighted by molar-refractivity contribution is 5.66.